The number of fused-ring (bicyclic) bond motifs is 5. The average molecular weight is 771 g/mol. The summed E-state index contributed by atoms with van der Waals surface area (Å²) in [6.45, 7) is 16.5. The van der Waals surface area contributed by atoms with Crippen LogP contribution in [0.15, 0.2) is 11.6 Å². The van der Waals surface area contributed by atoms with Crippen molar-refractivity contribution < 1.29 is 64.9 Å². The molecule has 0 aromatic carbocycles. The maximum atomic E-state index is 12.4. The number of ether oxygens (including phenoxy) is 4. The molecule has 6 fully saturated rings. The fraction of sp³-hybridized carbons (Fsp3) is 0.951. The van der Waals surface area contributed by atoms with Crippen LogP contribution in [0.2, 0.25) is 0 Å². The summed E-state index contributed by atoms with van der Waals surface area (Å²) in [6.07, 6.45) is -7.52. The molecule has 6 rings (SSSR count). The van der Waals surface area contributed by atoms with Gasteiger partial charge in [0, 0.05) is 0 Å². The standard InChI is InChI=1S/C41H70O13/c1-20(2)10-9-13-41(8,54-36-33(49)31(47)30(46)25(53-36)19-52-35-32(48)29(45)24(44)18-51-35)21-11-14-40(7)28(21)22(42)16-27-38(5)17-23(43)34(50)37(3,4)26(38)12-15-39(27,40)6/h10,21-36,42-50H,9,11-19H2,1-8H3/t21-,22+,23-,24+,25+,26+,27+,28-,29-,30+,31-,32+,33+,34+,35+,36-,38+,39+,40+,41-/m0/s1. The maximum absolute atomic E-state index is 12.4. The Morgan fingerprint density at radius 1 is 0.759 bits per heavy atom. The van der Waals surface area contributed by atoms with Crippen molar-refractivity contribution >= 4 is 0 Å². The molecule has 54 heavy (non-hydrogen) atoms. The molecule has 13 nitrogen and oxygen atoms in total. The number of rotatable bonds is 9. The molecule has 312 valence electrons. The zero-order chi connectivity index (χ0) is 39.9. The van der Waals surface area contributed by atoms with Crippen LogP contribution < -0.4 is 0 Å². The highest BCUT2D eigenvalue weighted by Crippen LogP contribution is 2.76. The van der Waals surface area contributed by atoms with Crippen LogP contribution in [0.25, 0.3) is 0 Å². The van der Waals surface area contributed by atoms with Gasteiger partial charge in [-0.1, -0.05) is 46.3 Å². The zero-order valence-corrected chi connectivity index (χ0v) is 33.5. The number of hydrogen-bond acceptors (Lipinski definition) is 13. The molecule has 2 aliphatic heterocycles. The minimum absolute atomic E-state index is 0.120. The Morgan fingerprint density at radius 3 is 2.07 bits per heavy atom. The molecule has 2 heterocycles. The van der Waals surface area contributed by atoms with Crippen molar-refractivity contribution in [3.8, 4) is 0 Å². The minimum atomic E-state index is -1.65. The van der Waals surface area contributed by atoms with Gasteiger partial charge in [0.15, 0.2) is 12.6 Å². The lowest BCUT2D eigenvalue weighted by atomic mass is 9.35. The van der Waals surface area contributed by atoms with Crippen LogP contribution in [0.5, 0.6) is 0 Å². The lowest BCUT2D eigenvalue weighted by molar-refractivity contribution is -0.345. The van der Waals surface area contributed by atoms with Gasteiger partial charge >= 0.3 is 0 Å². The van der Waals surface area contributed by atoms with E-state index in [0.29, 0.717) is 25.7 Å². The quantitative estimate of drug-likeness (QED) is 0.153. The topological polar surface area (TPSA) is 219 Å². The lowest BCUT2D eigenvalue weighted by Gasteiger charge is -2.71. The molecule has 0 radical (unpaired) electrons. The first-order valence-corrected chi connectivity index (χ1v) is 20.4. The zero-order valence-electron chi connectivity index (χ0n) is 33.5. The normalized spacial score (nSPS) is 52.8. The smallest absolute Gasteiger partial charge is 0.187 e. The van der Waals surface area contributed by atoms with Gasteiger partial charge in [0.1, 0.15) is 42.7 Å². The van der Waals surface area contributed by atoms with Crippen molar-refractivity contribution in [2.75, 3.05) is 13.2 Å². The van der Waals surface area contributed by atoms with Crippen LogP contribution in [-0.4, -0.2) is 138 Å². The Hall–Kier alpha value is -0.780. The summed E-state index contributed by atoms with van der Waals surface area (Å²) in [5, 5.41) is 98.2. The Morgan fingerprint density at radius 2 is 1.41 bits per heavy atom. The van der Waals surface area contributed by atoms with Gasteiger partial charge in [-0.25, -0.2) is 0 Å². The first-order valence-electron chi connectivity index (χ1n) is 20.4. The van der Waals surface area contributed by atoms with Crippen molar-refractivity contribution in [3.05, 3.63) is 11.6 Å². The van der Waals surface area contributed by atoms with Gasteiger partial charge in [-0.05, 0) is 117 Å². The first-order chi connectivity index (χ1) is 25.0. The third-order valence-electron chi connectivity index (χ3n) is 16.2. The average Bonchev–Trinajstić information content (AvgIpc) is 3.48. The second-order valence-electron chi connectivity index (χ2n) is 19.8. The second-order valence-corrected chi connectivity index (χ2v) is 19.8. The molecular weight excluding hydrogens is 700 g/mol. The Bertz CT molecular complexity index is 1360. The summed E-state index contributed by atoms with van der Waals surface area (Å²) in [5.74, 6) is -0.00789. The van der Waals surface area contributed by atoms with Gasteiger partial charge < -0.3 is 64.9 Å². The van der Waals surface area contributed by atoms with Crippen LogP contribution in [0.4, 0.5) is 0 Å². The van der Waals surface area contributed by atoms with E-state index in [9.17, 15) is 46.0 Å². The SMILES string of the molecule is CC(C)=CCC[C@](C)(O[C@@H]1O[C@H](CO[C@H]2OC[C@@H](O)[C@H](O)[C@H]2O)[C@@H](O)[C@H](O)[C@H]1O)[C@H]1CC[C@]2(C)[C@@H]1[C@H](O)C[C@@H]1[C@]3(C)C[C@H](O)[C@@H](O)C(C)(C)[C@H]3CC[C@]12C. The van der Waals surface area contributed by atoms with E-state index in [0.717, 1.165) is 31.3 Å². The molecule has 0 bridgehead atoms. The Labute approximate surface area is 320 Å². The molecule has 4 aliphatic carbocycles. The van der Waals surface area contributed by atoms with Gasteiger partial charge in [0.25, 0.3) is 0 Å². The van der Waals surface area contributed by atoms with Crippen molar-refractivity contribution in [1.29, 1.82) is 0 Å². The minimum Gasteiger partial charge on any atom is -0.393 e. The van der Waals surface area contributed by atoms with E-state index in [1.807, 2.05) is 20.8 Å². The van der Waals surface area contributed by atoms with E-state index in [-0.39, 0.29) is 53.1 Å². The molecular formula is C41H70O13. The number of allylic oxidation sites excluding steroid dienone is 2. The van der Waals surface area contributed by atoms with E-state index >= 15 is 0 Å². The summed E-state index contributed by atoms with van der Waals surface area (Å²) in [4.78, 5) is 0. The van der Waals surface area contributed by atoms with Crippen molar-refractivity contribution in [1.82, 2.24) is 0 Å². The third kappa shape index (κ3) is 6.86. The highest BCUT2D eigenvalue weighted by atomic mass is 16.7. The predicted molar refractivity (Wildman–Crippen MR) is 196 cm³/mol. The van der Waals surface area contributed by atoms with Gasteiger partial charge in [0.2, 0.25) is 0 Å². The molecule has 6 aliphatic rings. The maximum Gasteiger partial charge on any atom is 0.187 e. The van der Waals surface area contributed by atoms with Crippen LogP contribution >= 0.6 is 0 Å². The molecule has 13 heteroatoms. The molecule has 20 atom stereocenters. The van der Waals surface area contributed by atoms with Crippen molar-refractivity contribution in [2.24, 2.45) is 45.3 Å². The van der Waals surface area contributed by atoms with Crippen LogP contribution in [0.3, 0.4) is 0 Å². The van der Waals surface area contributed by atoms with E-state index < -0.39 is 84.6 Å². The summed E-state index contributed by atoms with van der Waals surface area (Å²) >= 11 is 0. The summed E-state index contributed by atoms with van der Waals surface area (Å²) < 4.78 is 24.0. The van der Waals surface area contributed by atoms with Crippen LogP contribution in [-0.2, 0) is 18.9 Å². The monoisotopic (exact) mass is 770 g/mol. The van der Waals surface area contributed by atoms with Gasteiger partial charge in [0.05, 0.1) is 37.1 Å². The van der Waals surface area contributed by atoms with E-state index in [4.69, 9.17) is 18.9 Å². The molecule has 0 spiro atoms. The van der Waals surface area contributed by atoms with Crippen LogP contribution in [0.1, 0.15) is 107 Å². The summed E-state index contributed by atoms with van der Waals surface area (Å²) in [6, 6.07) is 0. The Kier molecular flexibility index (Phi) is 12.0. The predicted octanol–water partition coefficient (Wildman–Crippen LogP) is 1.76. The fourth-order valence-corrected chi connectivity index (χ4v) is 13.1. The molecule has 0 aromatic heterocycles. The van der Waals surface area contributed by atoms with Gasteiger partial charge in [-0.2, -0.15) is 0 Å². The van der Waals surface area contributed by atoms with E-state index in [1.165, 1.54) is 0 Å². The molecule has 0 aromatic rings. The van der Waals surface area contributed by atoms with Crippen molar-refractivity contribution in [2.45, 2.75) is 186 Å². The van der Waals surface area contributed by atoms with Crippen molar-refractivity contribution in [3.63, 3.8) is 0 Å². The summed E-state index contributed by atoms with van der Waals surface area (Å²) in [5.41, 5.74) is -1.03. The molecule has 2 saturated heterocycles. The number of hydrogen-bond donors (Lipinski definition) is 9. The van der Waals surface area contributed by atoms with E-state index in [1.54, 1.807) is 0 Å². The van der Waals surface area contributed by atoms with Gasteiger partial charge in [-0.3, -0.25) is 0 Å². The van der Waals surface area contributed by atoms with Crippen LogP contribution in [0, 0.1) is 45.3 Å². The number of aliphatic hydroxyl groups is 9. The number of aliphatic hydroxyl groups excluding tert-OH is 9. The molecule has 0 unspecified atom stereocenters. The van der Waals surface area contributed by atoms with E-state index in [2.05, 4.69) is 40.7 Å². The lowest BCUT2D eigenvalue weighted by Crippen LogP contribution is -2.68. The largest absolute Gasteiger partial charge is 0.393 e. The highest BCUT2D eigenvalue weighted by Gasteiger charge is 2.72. The first kappa shape index (κ1) is 42.8. The molecule has 9 N–H and O–H groups in total. The second kappa shape index (κ2) is 15.1. The highest BCUT2D eigenvalue weighted by molar-refractivity contribution is 5.21. The summed E-state index contributed by atoms with van der Waals surface area (Å²) in [7, 11) is 0. The third-order valence-corrected chi connectivity index (χ3v) is 16.2. The fourth-order valence-electron chi connectivity index (χ4n) is 13.1. The molecule has 4 saturated carbocycles. The Balaban J connectivity index is 1.27. The molecule has 0 amide bonds. The van der Waals surface area contributed by atoms with Gasteiger partial charge in [-0.15, -0.1) is 0 Å².